The van der Waals surface area contributed by atoms with E-state index in [2.05, 4.69) is 5.10 Å². The lowest BCUT2D eigenvalue weighted by Crippen LogP contribution is -2.53. The summed E-state index contributed by atoms with van der Waals surface area (Å²) in [5.41, 5.74) is 0.481. The summed E-state index contributed by atoms with van der Waals surface area (Å²) in [5, 5.41) is 4.68. The van der Waals surface area contributed by atoms with Gasteiger partial charge in [-0.25, -0.2) is 0 Å². The predicted molar refractivity (Wildman–Crippen MR) is 101 cm³/mol. The maximum atomic E-state index is 13.7. The molecule has 2 aliphatic carbocycles. The number of halogens is 3. The number of ketones is 1. The molecule has 0 bridgehead atoms. The third-order valence-corrected chi connectivity index (χ3v) is 6.56. The minimum absolute atomic E-state index is 0.232. The minimum atomic E-state index is -4.67. The molecular weight excluding hydrogens is 365 g/mol. The number of hydrogen-bond donors (Lipinski definition) is 0. The normalized spacial score (nSPS) is 26.5. The summed E-state index contributed by atoms with van der Waals surface area (Å²) >= 11 is 0. The van der Waals surface area contributed by atoms with Gasteiger partial charge in [-0.2, -0.15) is 18.3 Å². The minimum Gasteiger partial charge on any atom is -0.294 e. The highest BCUT2D eigenvalue weighted by atomic mass is 19.4. The molecule has 0 amide bonds. The molecule has 0 fully saturated rings. The van der Waals surface area contributed by atoms with Gasteiger partial charge in [0.25, 0.3) is 0 Å². The van der Waals surface area contributed by atoms with Gasteiger partial charge in [-0.15, -0.1) is 0 Å². The highest BCUT2D eigenvalue weighted by Crippen LogP contribution is 2.57. The Hall–Kier alpha value is -2.37. The second-order valence-electron chi connectivity index (χ2n) is 8.65. The summed E-state index contributed by atoms with van der Waals surface area (Å²) in [4.78, 5) is 12.7. The molecule has 3 nitrogen and oxygen atoms in total. The van der Waals surface area contributed by atoms with Crippen LogP contribution in [0.25, 0.3) is 11.3 Å². The first-order chi connectivity index (χ1) is 13.0. The third-order valence-electron chi connectivity index (χ3n) is 6.56. The van der Waals surface area contributed by atoms with E-state index < -0.39 is 28.4 Å². The van der Waals surface area contributed by atoms with Crippen molar-refractivity contribution < 1.29 is 18.0 Å². The molecule has 0 radical (unpaired) electrons. The van der Waals surface area contributed by atoms with Gasteiger partial charge in [0, 0.05) is 29.0 Å². The Morgan fingerprint density at radius 3 is 2.39 bits per heavy atom. The van der Waals surface area contributed by atoms with Crippen LogP contribution in [0.2, 0.25) is 0 Å². The molecular formula is C22H23F3N2O. The first-order valence-electron chi connectivity index (χ1n) is 9.44. The van der Waals surface area contributed by atoms with Gasteiger partial charge in [0.1, 0.15) is 0 Å². The number of fused-ring (bicyclic) bond motifs is 3. The number of hydrogen-bond acceptors (Lipinski definition) is 2. The molecule has 1 heterocycles. The molecule has 6 heteroatoms. The van der Waals surface area contributed by atoms with E-state index in [1.165, 1.54) is 0 Å². The van der Waals surface area contributed by atoms with Crippen LogP contribution in [0.1, 0.15) is 38.4 Å². The fourth-order valence-corrected chi connectivity index (χ4v) is 5.31. The van der Waals surface area contributed by atoms with Crippen LogP contribution in [0.4, 0.5) is 13.2 Å². The second-order valence-corrected chi connectivity index (χ2v) is 8.65. The van der Waals surface area contributed by atoms with Crippen molar-refractivity contribution in [1.29, 1.82) is 0 Å². The number of carbonyl (C=O) groups excluding carboxylic acids is 1. The number of nitrogens with zero attached hydrogens (tertiary/aromatic N) is 2. The largest absolute Gasteiger partial charge is 0.419 e. The van der Waals surface area contributed by atoms with Crippen LogP contribution in [0, 0.1) is 11.3 Å². The Kier molecular flexibility index (Phi) is 3.94. The highest BCUT2D eigenvalue weighted by molar-refractivity contribution is 6.02. The fourth-order valence-electron chi connectivity index (χ4n) is 5.31. The first-order valence-corrected chi connectivity index (χ1v) is 9.44. The third kappa shape index (κ3) is 2.50. The summed E-state index contributed by atoms with van der Waals surface area (Å²) in [6.45, 7) is 5.09. The predicted octanol–water partition coefficient (Wildman–Crippen LogP) is 5.00. The van der Waals surface area contributed by atoms with Crippen molar-refractivity contribution in [3.05, 3.63) is 53.2 Å². The Morgan fingerprint density at radius 2 is 1.79 bits per heavy atom. The number of rotatable bonds is 1. The molecule has 1 aromatic heterocycles. The molecule has 1 aromatic carbocycles. The molecule has 0 spiro atoms. The van der Waals surface area contributed by atoms with Gasteiger partial charge in [-0.1, -0.05) is 57.2 Å². The summed E-state index contributed by atoms with van der Waals surface area (Å²) in [6.07, 6.45) is -2.18. The number of aromatic nitrogens is 2. The zero-order chi connectivity index (χ0) is 20.5. The van der Waals surface area contributed by atoms with Crippen LogP contribution in [0.15, 0.2) is 42.0 Å². The number of Topliss-reactive ketones (excluding diaryl/α,β-unsaturated/α-hetero) is 1. The molecule has 148 valence electrons. The molecule has 2 aromatic rings. The summed E-state index contributed by atoms with van der Waals surface area (Å²) in [5.74, 6) is -1.05. The quantitative estimate of drug-likeness (QED) is 0.689. The van der Waals surface area contributed by atoms with E-state index in [9.17, 15) is 18.0 Å². The average molecular weight is 388 g/mol. The zero-order valence-corrected chi connectivity index (χ0v) is 16.4. The van der Waals surface area contributed by atoms with Crippen LogP contribution >= 0.6 is 0 Å². The summed E-state index contributed by atoms with van der Waals surface area (Å²) in [6, 6.07) is 9.77. The van der Waals surface area contributed by atoms with Crippen molar-refractivity contribution >= 4 is 5.78 Å². The maximum Gasteiger partial charge on any atom is 0.419 e. The van der Waals surface area contributed by atoms with E-state index in [-0.39, 0.29) is 5.92 Å². The lowest BCUT2D eigenvalue weighted by molar-refractivity contribution is -0.142. The maximum absolute atomic E-state index is 13.7. The van der Waals surface area contributed by atoms with Gasteiger partial charge in [0.15, 0.2) is 5.78 Å². The van der Waals surface area contributed by atoms with E-state index in [1.54, 1.807) is 25.5 Å². The van der Waals surface area contributed by atoms with Gasteiger partial charge < -0.3 is 0 Å². The lowest BCUT2D eigenvalue weighted by Gasteiger charge is -2.50. The van der Waals surface area contributed by atoms with Crippen LogP contribution in [0.5, 0.6) is 0 Å². The summed E-state index contributed by atoms with van der Waals surface area (Å²) in [7, 11) is 1.83. The van der Waals surface area contributed by atoms with Gasteiger partial charge in [-0.05, 0) is 18.8 Å². The van der Waals surface area contributed by atoms with Crippen molar-refractivity contribution in [3.63, 3.8) is 0 Å². The van der Waals surface area contributed by atoms with Crippen molar-refractivity contribution in [3.8, 4) is 11.3 Å². The monoisotopic (exact) mass is 388 g/mol. The smallest absolute Gasteiger partial charge is 0.294 e. The van der Waals surface area contributed by atoms with E-state index in [1.807, 2.05) is 37.4 Å². The van der Waals surface area contributed by atoms with Gasteiger partial charge in [0.2, 0.25) is 0 Å². The second kappa shape index (κ2) is 5.82. The topological polar surface area (TPSA) is 34.9 Å². The molecule has 0 N–H and O–H groups in total. The Bertz CT molecular complexity index is 985. The number of carbonyl (C=O) groups is 1. The Labute approximate surface area is 162 Å². The van der Waals surface area contributed by atoms with E-state index in [0.717, 1.165) is 22.9 Å². The Balaban J connectivity index is 1.97. The number of benzene rings is 1. The van der Waals surface area contributed by atoms with E-state index in [0.29, 0.717) is 18.5 Å². The molecule has 4 rings (SSSR count). The molecule has 0 unspecified atom stereocenters. The first kappa shape index (κ1) is 19.0. The molecule has 2 atom stereocenters. The van der Waals surface area contributed by atoms with Gasteiger partial charge in [0.05, 0.1) is 17.0 Å². The van der Waals surface area contributed by atoms with Crippen molar-refractivity contribution in [2.45, 2.75) is 45.2 Å². The number of aryl methyl sites for hydroxylation is 1. The van der Waals surface area contributed by atoms with Crippen molar-refractivity contribution in [1.82, 2.24) is 9.78 Å². The molecule has 0 saturated heterocycles. The van der Waals surface area contributed by atoms with Crippen LogP contribution in [-0.2, 0) is 23.7 Å². The van der Waals surface area contributed by atoms with Crippen LogP contribution < -0.4 is 0 Å². The number of alkyl halides is 3. The van der Waals surface area contributed by atoms with Gasteiger partial charge in [-0.3, -0.25) is 9.48 Å². The average Bonchev–Trinajstić information content (AvgIpc) is 2.95. The van der Waals surface area contributed by atoms with Crippen LogP contribution in [0.3, 0.4) is 0 Å². The zero-order valence-electron chi connectivity index (χ0n) is 16.4. The fraction of sp³-hybridized carbons (Fsp3) is 0.455. The van der Waals surface area contributed by atoms with E-state index >= 15 is 0 Å². The Morgan fingerprint density at radius 1 is 1.14 bits per heavy atom. The molecule has 2 aliphatic rings. The highest BCUT2D eigenvalue weighted by Gasteiger charge is 2.59. The summed E-state index contributed by atoms with van der Waals surface area (Å²) < 4.78 is 42.8. The molecule has 0 saturated carbocycles. The SMILES string of the molecule is Cn1nc2c(c1-c1ccccc1)CC[C@H]1C(C)(C)C(=O)C(C(F)(F)F)=C[C@]21C. The lowest BCUT2D eigenvalue weighted by atomic mass is 9.52. The number of allylic oxidation sites excluding steroid dienone is 2. The van der Waals surface area contributed by atoms with E-state index in [4.69, 9.17) is 0 Å². The standard InChI is InChI=1S/C22H23F3N2O/c1-20(2)16-11-10-14-17(13-8-6-5-7-9-13)27(4)26-18(14)21(16,3)12-15(19(20)28)22(23,24)25/h5-9,12,16H,10-11H2,1-4H3/t16-,21-/m0/s1. The van der Waals surface area contributed by atoms with Crippen molar-refractivity contribution in [2.24, 2.45) is 18.4 Å². The van der Waals surface area contributed by atoms with Gasteiger partial charge >= 0.3 is 6.18 Å². The molecule has 28 heavy (non-hydrogen) atoms. The van der Waals surface area contributed by atoms with Crippen LogP contribution in [-0.4, -0.2) is 21.7 Å². The molecule has 0 aliphatic heterocycles. The van der Waals surface area contributed by atoms with Crippen molar-refractivity contribution in [2.75, 3.05) is 0 Å².